The molecule has 9 heteroatoms. The number of tetrazole rings is 1. The number of nitrogens with zero attached hydrogens (tertiary/aromatic N) is 5. The van der Waals surface area contributed by atoms with Gasteiger partial charge in [-0.2, -0.15) is 0 Å². The molecule has 0 spiro atoms. The van der Waals surface area contributed by atoms with Gasteiger partial charge in [-0.1, -0.05) is 11.6 Å². The molecule has 0 aliphatic carbocycles. The molecule has 2 amide bonds. The predicted molar refractivity (Wildman–Crippen MR) is 100 cm³/mol. The molecule has 0 fully saturated rings. The summed E-state index contributed by atoms with van der Waals surface area (Å²) < 4.78 is 1.52. The van der Waals surface area contributed by atoms with Crippen LogP contribution < -0.4 is 10.2 Å². The number of fused-ring (bicyclic) bond motifs is 1. The van der Waals surface area contributed by atoms with Gasteiger partial charge in [0.15, 0.2) is 0 Å². The van der Waals surface area contributed by atoms with Crippen LogP contribution in [0.1, 0.15) is 21.5 Å². The van der Waals surface area contributed by atoms with E-state index < -0.39 is 17.6 Å². The van der Waals surface area contributed by atoms with E-state index in [1.54, 1.807) is 36.4 Å². The van der Waals surface area contributed by atoms with E-state index in [9.17, 15) is 14.4 Å². The minimum absolute atomic E-state index is 0.242. The number of benzene rings is 2. The van der Waals surface area contributed by atoms with Gasteiger partial charge in [0.2, 0.25) is 5.91 Å². The van der Waals surface area contributed by atoms with Gasteiger partial charge < -0.3 is 5.32 Å². The van der Waals surface area contributed by atoms with Crippen LogP contribution in [0.4, 0.5) is 11.4 Å². The Morgan fingerprint density at radius 1 is 1.07 bits per heavy atom. The average Bonchev–Trinajstić information content (AvgIpc) is 3.26. The lowest BCUT2D eigenvalue weighted by Gasteiger charge is -2.16. The lowest BCUT2D eigenvalue weighted by atomic mass is 10.1. The van der Waals surface area contributed by atoms with E-state index in [1.165, 1.54) is 15.9 Å². The number of anilines is 2. The van der Waals surface area contributed by atoms with Crippen molar-refractivity contribution in [2.75, 3.05) is 16.8 Å². The number of carbonyl (C=O) groups excluding carboxylic acids is 3. The number of Topliss-reactive ketones (excluding diaryl/α,β-unsaturated/α-hetero) is 1. The second kappa shape index (κ2) is 6.69. The van der Waals surface area contributed by atoms with E-state index in [2.05, 4.69) is 20.8 Å². The van der Waals surface area contributed by atoms with Gasteiger partial charge in [-0.15, -0.1) is 5.10 Å². The Kier molecular flexibility index (Phi) is 4.19. The van der Waals surface area contributed by atoms with Gasteiger partial charge in [-0.25, -0.2) is 4.68 Å². The monoisotopic (exact) mass is 376 g/mol. The highest BCUT2D eigenvalue weighted by molar-refractivity contribution is 6.52. The quantitative estimate of drug-likeness (QED) is 0.690. The highest BCUT2D eigenvalue weighted by Gasteiger charge is 2.36. The topological polar surface area (TPSA) is 110 Å². The van der Waals surface area contributed by atoms with Gasteiger partial charge in [0.05, 0.1) is 16.9 Å². The standard InChI is InChI=1S/C19H16N6O3/c1-11-3-5-16-14(7-11)18(27)19(28)24(16)9-17(26)21-13-4-6-15(12(2)8-13)25-10-20-22-23-25/h3-8,10H,9H2,1-2H3,(H,21,26). The maximum absolute atomic E-state index is 12.5. The van der Waals surface area contributed by atoms with Crippen molar-refractivity contribution in [1.82, 2.24) is 20.2 Å². The van der Waals surface area contributed by atoms with Crippen LogP contribution in [0.3, 0.4) is 0 Å². The average molecular weight is 376 g/mol. The molecule has 140 valence electrons. The van der Waals surface area contributed by atoms with Crippen molar-refractivity contribution >= 4 is 29.0 Å². The molecule has 1 aliphatic rings. The second-order valence-electron chi connectivity index (χ2n) is 6.54. The first-order valence-corrected chi connectivity index (χ1v) is 8.55. The lowest BCUT2D eigenvalue weighted by molar-refractivity contribution is -0.118. The Balaban J connectivity index is 1.50. The molecule has 9 nitrogen and oxygen atoms in total. The van der Waals surface area contributed by atoms with Crippen molar-refractivity contribution in [3.8, 4) is 5.69 Å². The van der Waals surface area contributed by atoms with E-state index in [4.69, 9.17) is 0 Å². The highest BCUT2D eigenvalue weighted by atomic mass is 16.2. The summed E-state index contributed by atoms with van der Waals surface area (Å²) in [6.07, 6.45) is 1.48. The third-order valence-corrected chi connectivity index (χ3v) is 4.50. The summed E-state index contributed by atoms with van der Waals surface area (Å²) in [7, 11) is 0. The maximum Gasteiger partial charge on any atom is 0.299 e. The van der Waals surface area contributed by atoms with Crippen LogP contribution in [0.25, 0.3) is 5.69 Å². The number of rotatable bonds is 4. The number of carbonyl (C=O) groups is 3. The lowest BCUT2D eigenvalue weighted by Crippen LogP contribution is -2.37. The largest absolute Gasteiger partial charge is 0.325 e. The number of hydrogen-bond acceptors (Lipinski definition) is 6. The third kappa shape index (κ3) is 3.02. The Bertz CT molecular complexity index is 1110. The minimum Gasteiger partial charge on any atom is -0.325 e. The molecule has 3 aromatic rings. The van der Waals surface area contributed by atoms with Crippen LogP contribution in [0.2, 0.25) is 0 Å². The van der Waals surface area contributed by atoms with Crippen molar-refractivity contribution in [2.45, 2.75) is 13.8 Å². The van der Waals surface area contributed by atoms with E-state index >= 15 is 0 Å². The van der Waals surface area contributed by atoms with Crippen molar-refractivity contribution in [1.29, 1.82) is 0 Å². The van der Waals surface area contributed by atoms with E-state index in [-0.39, 0.29) is 6.54 Å². The van der Waals surface area contributed by atoms with E-state index in [0.29, 0.717) is 16.9 Å². The van der Waals surface area contributed by atoms with Crippen LogP contribution in [0, 0.1) is 13.8 Å². The zero-order chi connectivity index (χ0) is 19.8. The molecule has 0 unspecified atom stereocenters. The number of aryl methyl sites for hydroxylation is 2. The van der Waals surface area contributed by atoms with Crippen LogP contribution >= 0.6 is 0 Å². The van der Waals surface area contributed by atoms with Gasteiger partial charge in [0.25, 0.3) is 11.7 Å². The van der Waals surface area contributed by atoms with Crippen LogP contribution in [0.15, 0.2) is 42.7 Å². The summed E-state index contributed by atoms with van der Waals surface area (Å²) in [5.74, 6) is -1.68. The van der Waals surface area contributed by atoms with Crippen molar-refractivity contribution in [2.24, 2.45) is 0 Å². The molecule has 0 radical (unpaired) electrons. The Hall–Kier alpha value is -3.88. The summed E-state index contributed by atoms with van der Waals surface area (Å²) in [6, 6.07) is 10.4. The van der Waals surface area contributed by atoms with Gasteiger partial charge in [0, 0.05) is 5.69 Å². The zero-order valence-electron chi connectivity index (χ0n) is 15.2. The first kappa shape index (κ1) is 17.5. The molecule has 0 bridgehead atoms. The fourth-order valence-electron chi connectivity index (χ4n) is 3.18. The molecule has 1 aromatic heterocycles. The first-order chi connectivity index (χ1) is 13.4. The Labute approximate surface area is 160 Å². The van der Waals surface area contributed by atoms with Gasteiger partial charge in [-0.3, -0.25) is 19.3 Å². The minimum atomic E-state index is -0.694. The molecular formula is C19H16N6O3. The van der Waals surface area contributed by atoms with E-state index in [1.807, 2.05) is 13.8 Å². The van der Waals surface area contributed by atoms with Crippen molar-refractivity contribution in [3.63, 3.8) is 0 Å². The first-order valence-electron chi connectivity index (χ1n) is 8.55. The summed E-state index contributed by atoms with van der Waals surface area (Å²) in [4.78, 5) is 38.1. The molecule has 28 heavy (non-hydrogen) atoms. The molecule has 0 saturated carbocycles. The third-order valence-electron chi connectivity index (χ3n) is 4.50. The highest BCUT2D eigenvalue weighted by Crippen LogP contribution is 2.29. The number of amides is 2. The molecular weight excluding hydrogens is 360 g/mol. The second-order valence-corrected chi connectivity index (χ2v) is 6.54. The number of hydrogen-bond donors (Lipinski definition) is 1. The molecule has 1 aliphatic heterocycles. The van der Waals surface area contributed by atoms with Crippen LogP contribution in [-0.4, -0.2) is 44.3 Å². The summed E-state index contributed by atoms with van der Waals surface area (Å²) >= 11 is 0. The SMILES string of the molecule is Cc1ccc2c(c1)C(=O)C(=O)N2CC(=O)Nc1ccc(-n2cnnn2)c(C)c1. The predicted octanol–water partition coefficient (Wildman–Crippen LogP) is 1.45. The number of aromatic nitrogens is 4. The number of ketones is 1. The molecule has 2 heterocycles. The number of nitrogens with one attached hydrogen (secondary N) is 1. The molecule has 4 rings (SSSR count). The smallest absolute Gasteiger partial charge is 0.299 e. The van der Waals surface area contributed by atoms with Crippen molar-refractivity contribution < 1.29 is 14.4 Å². The van der Waals surface area contributed by atoms with E-state index in [0.717, 1.165) is 16.8 Å². The van der Waals surface area contributed by atoms with Gasteiger partial charge >= 0.3 is 0 Å². The molecule has 1 N–H and O–H groups in total. The van der Waals surface area contributed by atoms with Gasteiger partial charge in [0.1, 0.15) is 12.9 Å². The fraction of sp³-hybridized carbons (Fsp3) is 0.158. The molecule has 2 aromatic carbocycles. The summed E-state index contributed by atoms with van der Waals surface area (Å²) in [6.45, 7) is 3.47. The fourth-order valence-corrected chi connectivity index (χ4v) is 3.18. The molecule has 0 saturated heterocycles. The molecule has 0 atom stereocenters. The summed E-state index contributed by atoms with van der Waals surface area (Å²) in [5, 5.41) is 13.8. The maximum atomic E-state index is 12.5. The van der Waals surface area contributed by atoms with Crippen LogP contribution in [0.5, 0.6) is 0 Å². The zero-order valence-corrected chi connectivity index (χ0v) is 15.2. The Morgan fingerprint density at radius 2 is 1.86 bits per heavy atom. The van der Waals surface area contributed by atoms with Crippen molar-refractivity contribution in [3.05, 3.63) is 59.4 Å². The van der Waals surface area contributed by atoms with Gasteiger partial charge in [-0.05, 0) is 60.2 Å². The summed E-state index contributed by atoms with van der Waals surface area (Å²) in [5.41, 5.74) is 3.89. The normalized spacial score (nSPS) is 13.0. The van der Waals surface area contributed by atoms with Crippen LogP contribution in [-0.2, 0) is 9.59 Å². The Morgan fingerprint density at radius 3 is 2.57 bits per heavy atom.